The van der Waals surface area contributed by atoms with Crippen LogP contribution < -0.4 is 16.0 Å². The highest BCUT2D eigenvalue weighted by Gasteiger charge is 2.62. The molecule has 3 aromatic carbocycles. The second kappa shape index (κ2) is 10.7. The number of rotatable bonds is 6. The number of hydrogen-bond acceptors (Lipinski definition) is 5. The first-order valence-electron chi connectivity index (χ1n) is 13.2. The molecule has 1 saturated heterocycles. The maximum absolute atomic E-state index is 15.7. The van der Waals surface area contributed by atoms with Crippen LogP contribution in [0.3, 0.4) is 0 Å². The third-order valence-electron chi connectivity index (χ3n) is 7.92. The molecule has 3 atom stereocenters. The third kappa shape index (κ3) is 4.88. The zero-order valence-corrected chi connectivity index (χ0v) is 24.5. The number of hydrogen-bond donors (Lipinski definition) is 3. The smallest absolute Gasteiger partial charge is 0.338 e. The molecule has 2 amide bonds. The Hall–Kier alpha value is -3.46. The van der Waals surface area contributed by atoms with Gasteiger partial charge >= 0.3 is 5.97 Å². The van der Waals surface area contributed by atoms with Gasteiger partial charge < -0.3 is 20.7 Å². The van der Waals surface area contributed by atoms with Crippen LogP contribution in [0.25, 0.3) is 11.1 Å². The number of carbonyl (C=O) groups is 3. The number of carbonyl (C=O) groups excluding carboxylic acids is 3. The molecule has 5 rings (SSSR count). The number of anilines is 2. The van der Waals surface area contributed by atoms with Gasteiger partial charge in [-0.25, -0.2) is 9.18 Å². The highest BCUT2D eigenvalue weighted by atomic mass is 35.5. The van der Waals surface area contributed by atoms with Crippen molar-refractivity contribution < 1.29 is 23.5 Å². The number of ether oxygens (including phenoxy) is 1. The Morgan fingerprint density at radius 1 is 1.17 bits per heavy atom. The van der Waals surface area contributed by atoms with E-state index in [1.54, 1.807) is 36.4 Å². The SMILES string of the molecule is COC(=O)c1cc(NC=O)ccc1-c1cc(Cl)cc2c1C1(C(=O)N2)[C@H](CC(C)(C)C)NC[C@H]1c1cccc(Cl)c1F. The van der Waals surface area contributed by atoms with Crippen LogP contribution in [0.4, 0.5) is 15.8 Å². The number of halogens is 3. The Kier molecular flexibility index (Phi) is 7.61. The molecule has 1 unspecified atom stereocenters. The van der Waals surface area contributed by atoms with Gasteiger partial charge in [-0.05, 0) is 58.9 Å². The van der Waals surface area contributed by atoms with Gasteiger partial charge in [-0.3, -0.25) is 9.59 Å². The van der Waals surface area contributed by atoms with Crippen LogP contribution in [0.2, 0.25) is 10.0 Å². The predicted molar refractivity (Wildman–Crippen MR) is 158 cm³/mol. The van der Waals surface area contributed by atoms with Crippen LogP contribution in [-0.4, -0.2) is 38.0 Å². The predicted octanol–water partition coefficient (Wildman–Crippen LogP) is 6.54. The second-order valence-electron chi connectivity index (χ2n) is 11.6. The van der Waals surface area contributed by atoms with E-state index in [4.69, 9.17) is 27.9 Å². The van der Waals surface area contributed by atoms with Gasteiger partial charge in [0.2, 0.25) is 12.3 Å². The van der Waals surface area contributed by atoms with Gasteiger partial charge in [0.25, 0.3) is 0 Å². The fourth-order valence-corrected chi connectivity index (χ4v) is 6.80. The summed E-state index contributed by atoms with van der Waals surface area (Å²) in [4.78, 5) is 38.5. The van der Waals surface area contributed by atoms with E-state index in [9.17, 15) is 14.4 Å². The molecule has 3 N–H and O–H groups in total. The standard InChI is InChI=1S/C31H30Cl2FN3O4/c1-30(2,3)13-25-31(22(14-35-25)19-6-5-7-23(33)27(19)34)26-20(10-16(32)11-24(26)37-29(31)40)18-9-8-17(36-15-38)12-21(18)28(39)41-4/h5-12,15,22,25,35H,13-14H2,1-4H3,(H,36,38)(H,37,40)/t22-,25-,31?/m0/s1. The topological polar surface area (TPSA) is 96.5 Å². The minimum atomic E-state index is -1.28. The molecule has 0 bridgehead atoms. The minimum Gasteiger partial charge on any atom is -0.465 e. The molecule has 2 aliphatic heterocycles. The van der Waals surface area contributed by atoms with Crippen LogP contribution in [0.5, 0.6) is 0 Å². The van der Waals surface area contributed by atoms with Gasteiger partial charge in [0.1, 0.15) is 11.2 Å². The van der Waals surface area contributed by atoms with E-state index in [0.29, 0.717) is 58.0 Å². The van der Waals surface area contributed by atoms with Crippen LogP contribution in [0.15, 0.2) is 48.5 Å². The van der Waals surface area contributed by atoms with Crippen molar-refractivity contribution in [3.05, 3.63) is 81.1 Å². The summed E-state index contributed by atoms with van der Waals surface area (Å²) >= 11 is 12.8. The van der Waals surface area contributed by atoms with Crippen LogP contribution >= 0.6 is 23.2 Å². The van der Waals surface area contributed by atoms with Crippen molar-refractivity contribution >= 4 is 52.9 Å². The Labute approximate surface area is 247 Å². The quantitative estimate of drug-likeness (QED) is 0.221. The van der Waals surface area contributed by atoms with Crippen molar-refractivity contribution in [3.8, 4) is 11.1 Å². The lowest BCUT2D eigenvalue weighted by molar-refractivity contribution is -0.122. The molecule has 0 aromatic heterocycles. The maximum Gasteiger partial charge on any atom is 0.338 e. The summed E-state index contributed by atoms with van der Waals surface area (Å²) in [6.07, 6.45) is 1.10. The molecule has 41 heavy (non-hydrogen) atoms. The zero-order valence-electron chi connectivity index (χ0n) is 23.0. The van der Waals surface area contributed by atoms with E-state index < -0.39 is 29.2 Å². The number of esters is 1. The summed E-state index contributed by atoms with van der Waals surface area (Å²) in [6.45, 7) is 6.57. The van der Waals surface area contributed by atoms with Crippen molar-refractivity contribution in [1.82, 2.24) is 5.32 Å². The highest BCUT2D eigenvalue weighted by molar-refractivity contribution is 6.32. The fourth-order valence-electron chi connectivity index (χ4n) is 6.40. The van der Waals surface area contributed by atoms with E-state index in [2.05, 4.69) is 36.7 Å². The molecule has 3 aromatic rings. The van der Waals surface area contributed by atoms with Gasteiger partial charge in [0, 0.05) is 40.5 Å². The first-order valence-corrected chi connectivity index (χ1v) is 13.9. The summed E-state index contributed by atoms with van der Waals surface area (Å²) in [5.41, 5.74) is 1.48. The van der Waals surface area contributed by atoms with Crippen molar-refractivity contribution in [3.63, 3.8) is 0 Å². The van der Waals surface area contributed by atoms with E-state index >= 15 is 4.39 Å². The summed E-state index contributed by atoms with van der Waals surface area (Å²) in [7, 11) is 1.26. The molecule has 1 spiro atoms. The van der Waals surface area contributed by atoms with Crippen molar-refractivity contribution in [2.75, 3.05) is 24.3 Å². The summed E-state index contributed by atoms with van der Waals surface area (Å²) in [6, 6.07) is 12.6. The monoisotopic (exact) mass is 597 g/mol. The third-order valence-corrected chi connectivity index (χ3v) is 8.43. The van der Waals surface area contributed by atoms with Gasteiger partial charge in [-0.15, -0.1) is 0 Å². The molecule has 1 fully saturated rings. The van der Waals surface area contributed by atoms with Gasteiger partial charge in [-0.2, -0.15) is 0 Å². The van der Waals surface area contributed by atoms with E-state index in [1.165, 1.54) is 19.2 Å². The van der Waals surface area contributed by atoms with Gasteiger partial charge in [-0.1, -0.05) is 62.2 Å². The summed E-state index contributed by atoms with van der Waals surface area (Å²) in [5, 5.41) is 9.43. The molecule has 214 valence electrons. The van der Waals surface area contributed by atoms with Crippen molar-refractivity contribution in [2.45, 2.75) is 44.6 Å². The molecule has 2 aliphatic rings. The van der Waals surface area contributed by atoms with Gasteiger partial charge in [0.05, 0.1) is 17.7 Å². The summed E-state index contributed by atoms with van der Waals surface area (Å²) < 4.78 is 20.7. The zero-order chi connectivity index (χ0) is 29.7. The average molecular weight is 599 g/mol. The second-order valence-corrected chi connectivity index (χ2v) is 12.5. The fraction of sp³-hybridized carbons (Fsp3) is 0.323. The van der Waals surface area contributed by atoms with Crippen LogP contribution in [0, 0.1) is 11.2 Å². The number of amides is 2. The Morgan fingerprint density at radius 2 is 1.93 bits per heavy atom. The molecule has 10 heteroatoms. The number of nitrogens with one attached hydrogen (secondary N) is 3. The lowest BCUT2D eigenvalue weighted by Crippen LogP contribution is -2.50. The minimum absolute atomic E-state index is 0.0295. The lowest BCUT2D eigenvalue weighted by atomic mass is 9.62. The number of benzene rings is 3. The maximum atomic E-state index is 15.7. The molecule has 0 radical (unpaired) electrons. The normalized spacial score (nSPS) is 21.5. The molecule has 0 aliphatic carbocycles. The molecule has 2 heterocycles. The van der Waals surface area contributed by atoms with Crippen molar-refractivity contribution in [2.24, 2.45) is 5.41 Å². The first-order chi connectivity index (χ1) is 19.4. The highest BCUT2D eigenvalue weighted by Crippen LogP contribution is 2.58. The van der Waals surface area contributed by atoms with Crippen LogP contribution in [-0.2, 0) is 19.7 Å². The van der Waals surface area contributed by atoms with E-state index in [0.717, 1.165) is 0 Å². The molecular formula is C31H30Cl2FN3O4. The van der Waals surface area contributed by atoms with Gasteiger partial charge in [0.15, 0.2) is 0 Å². The Balaban J connectivity index is 1.85. The van der Waals surface area contributed by atoms with E-state index in [1.807, 2.05) is 0 Å². The number of fused-ring (bicyclic) bond motifs is 2. The summed E-state index contributed by atoms with van der Waals surface area (Å²) in [5.74, 6) is -2.14. The Morgan fingerprint density at radius 3 is 2.61 bits per heavy atom. The van der Waals surface area contributed by atoms with Crippen molar-refractivity contribution in [1.29, 1.82) is 0 Å². The van der Waals surface area contributed by atoms with E-state index in [-0.39, 0.29) is 21.9 Å². The lowest BCUT2D eigenvalue weighted by Gasteiger charge is -2.38. The number of methoxy groups -OCH3 is 1. The molecular weight excluding hydrogens is 568 g/mol. The average Bonchev–Trinajstić information content (AvgIpc) is 3.41. The molecule has 0 saturated carbocycles. The van der Waals surface area contributed by atoms with Crippen LogP contribution in [0.1, 0.15) is 54.6 Å². The largest absolute Gasteiger partial charge is 0.465 e. The molecule has 7 nitrogen and oxygen atoms in total. The Bertz CT molecular complexity index is 1570. The first kappa shape index (κ1) is 29.0.